The number of amides is 1. The van der Waals surface area contributed by atoms with Crippen molar-refractivity contribution in [1.29, 1.82) is 0 Å². The van der Waals surface area contributed by atoms with Crippen molar-refractivity contribution in [3.8, 4) is 0 Å². The van der Waals surface area contributed by atoms with Crippen molar-refractivity contribution in [2.75, 3.05) is 0 Å². The van der Waals surface area contributed by atoms with Crippen LogP contribution in [0.2, 0.25) is 0 Å². The first-order valence-corrected chi connectivity index (χ1v) is 6.00. The normalized spacial score (nSPS) is 15.9. The maximum absolute atomic E-state index is 13.4. The van der Waals surface area contributed by atoms with Crippen LogP contribution in [0.3, 0.4) is 0 Å². The van der Waals surface area contributed by atoms with E-state index in [4.69, 9.17) is 0 Å². The molecule has 0 aliphatic heterocycles. The molecule has 1 saturated carbocycles. The molecule has 4 heteroatoms. The molecule has 1 aliphatic carbocycles. The fraction of sp³-hybridized carbons (Fsp3) is 0.364. The van der Waals surface area contributed by atoms with Gasteiger partial charge in [0.05, 0.1) is 5.56 Å². The van der Waals surface area contributed by atoms with Gasteiger partial charge in [-0.1, -0.05) is 0 Å². The van der Waals surface area contributed by atoms with E-state index in [1.54, 1.807) is 6.07 Å². The molecule has 0 unspecified atom stereocenters. The standard InChI is InChI=1S/C11H11FINO/c12-10-6-7(13)4-5-9(10)11(15)14-8-2-1-3-8/h4-6,8H,1-3H2,(H,14,15). The Morgan fingerprint density at radius 1 is 1.47 bits per heavy atom. The first-order chi connectivity index (χ1) is 7.16. The van der Waals surface area contributed by atoms with Gasteiger partial charge in [0.25, 0.3) is 5.91 Å². The predicted octanol–water partition coefficient (Wildman–Crippen LogP) is 2.71. The summed E-state index contributed by atoms with van der Waals surface area (Å²) >= 11 is 2.02. The number of hydrogen-bond donors (Lipinski definition) is 1. The summed E-state index contributed by atoms with van der Waals surface area (Å²) in [5, 5.41) is 2.81. The molecule has 0 heterocycles. The lowest BCUT2D eigenvalue weighted by molar-refractivity contribution is 0.0913. The number of halogens is 2. The van der Waals surface area contributed by atoms with Crippen LogP contribution < -0.4 is 5.32 Å². The van der Waals surface area contributed by atoms with Crippen LogP contribution in [0.5, 0.6) is 0 Å². The number of benzene rings is 1. The Kier molecular flexibility index (Phi) is 3.23. The lowest BCUT2D eigenvalue weighted by Gasteiger charge is -2.26. The molecule has 15 heavy (non-hydrogen) atoms. The van der Waals surface area contributed by atoms with Crippen LogP contribution in [0.4, 0.5) is 4.39 Å². The molecule has 0 aromatic heterocycles. The second kappa shape index (κ2) is 4.47. The molecule has 0 saturated heterocycles. The largest absolute Gasteiger partial charge is 0.349 e. The van der Waals surface area contributed by atoms with Crippen LogP contribution in [-0.4, -0.2) is 11.9 Å². The minimum Gasteiger partial charge on any atom is -0.349 e. The van der Waals surface area contributed by atoms with Gasteiger partial charge in [-0.2, -0.15) is 0 Å². The van der Waals surface area contributed by atoms with E-state index in [1.807, 2.05) is 22.6 Å². The summed E-state index contributed by atoms with van der Waals surface area (Å²) in [6, 6.07) is 4.89. The van der Waals surface area contributed by atoms with Gasteiger partial charge < -0.3 is 5.32 Å². The van der Waals surface area contributed by atoms with Crippen LogP contribution in [0, 0.1) is 9.39 Å². The molecule has 0 spiro atoms. The molecule has 1 aromatic rings. The Bertz CT molecular complexity index is 390. The van der Waals surface area contributed by atoms with Gasteiger partial charge in [-0.15, -0.1) is 0 Å². The lowest BCUT2D eigenvalue weighted by Crippen LogP contribution is -2.39. The maximum Gasteiger partial charge on any atom is 0.254 e. The van der Waals surface area contributed by atoms with E-state index in [0.717, 1.165) is 22.8 Å². The number of hydrogen-bond acceptors (Lipinski definition) is 1. The first-order valence-electron chi connectivity index (χ1n) is 4.93. The van der Waals surface area contributed by atoms with Gasteiger partial charge in [0.15, 0.2) is 0 Å². The van der Waals surface area contributed by atoms with Crippen molar-refractivity contribution in [3.05, 3.63) is 33.1 Å². The fourth-order valence-corrected chi connectivity index (χ4v) is 1.94. The SMILES string of the molecule is O=C(NC1CCC1)c1ccc(I)cc1F. The monoisotopic (exact) mass is 319 g/mol. The smallest absolute Gasteiger partial charge is 0.254 e. The third-order valence-corrected chi connectivity index (χ3v) is 3.29. The third-order valence-electron chi connectivity index (χ3n) is 2.62. The molecule has 0 bridgehead atoms. The molecule has 80 valence electrons. The van der Waals surface area contributed by atoms with Crippen LogP contribution in [0.1, 0.15) is 29.6 Å². The molecule has 0 radical (unpaired) electrons. The van der Waals surface area contributed by atoms with Crippen molar-refractivity contribution in [2.45, 2.75) is 25.3 Å². The van der Waals surface area contributed by atoms with E-state index >= 15 is 0 Å². The van der Waals surface area contributed by atoms with E-state index in [9.17, 15) is 9.18 Å². The van der Waals surface area contributed by atoms with E-state index in [1.165, 1.54) is 12.1 Å². The minimum atomic E-state index is -0.446. The number of nitrogens with one attached hydrogen (secondary N) is 1. The highest BCUT2D eigenvalue weighted by molar-refractivity contribution is 14.1. The van der Waals surface area contributed by atoms with E-state index in [2.05, 4.69) is 5.32 Å². The Morgan fingerprint density at radius 2 is 2.20 bits per heavy atom. The highest BCUT2D eigenvalue weighted by Gasteiger charge is 2.21. The molecule has 2 rings (SSSR count). The van der Waals surface area contributed by atoms with Crippen LogP contribution in [0.25, 0.3) is 0 Å². The van der Waals surface area contributed by atoms with Crippen molar-refractivity contribution < 1.29 is 9.18 Å². The first kappa shape index (κ1) is 10.9. The van der Waals surface area contributed by atoms with E-state index < -0.39 is 5.82 Å². The number of carbonyl (C=O) groups is 1. The van der Waals surface area contributed by atoms with Gasteiger partial charge in [-0.3, -0.25) is 4.79 Å². The lowest BCUT2D eigenvalue weighted by atomic mass is 9.93. The molecular formula is C11H11FINO. The maximum atomic E-state index is 13.4. The summed E-state index contributed by atoms with van der Waals surface area (Å²) in [6.45, 7) is 0. The Labute approximate surface area is 101 Å². The summed E-state index contributed by atoms with van der Waals surface area (Å²) in [5.74, 6) is -0.743. The van der Waals surface area contributed by atoms with Crippen LogP contribution in [0.15, 0.2) is 18.2 Å². The number of rotatable bonds is 2. The van der Waals surface area contributed by atoms with Gasteiger partial charge in [0, 0.05) is 9.61 Å². The number of carbonyl (C=O) groups excluding carboxylic acids is 1. The molecule has 1 N–H and O–H groups in total. The quantitative estimate of drug-likeness (QED) is 0.835. The van der Waals surface area contributed by atoms with Crippen LogP contribution in [-0.2, 0) is 0 Å². The second-order valence-corrected chi connectivity index (χ2v) is 4.97. The molecule has 1 amide bonds. The van der Waals surface area contributed by atoms with Crippen molar-refractivity contribution in [1.82, 2.24) is 5.32 Å². The van der Waals surface area contributed by atoms with Gasteiger partial charge in [-0.05, 0) is 60.1 Å². The zero-order valence-corrected chi connectivity index (χ0v) is 10.3. The van der Waals surface area contributed by atoms with Crippen molar-refractivity contribution >= 4 is 28.5 Å². The third kappa shape index (κ3) is 2.48. The van der Waals surface area contributed by atoms with Gasteiger partial charge in [0.1, 0.15) is 5.82 Å². The Hall–Kier alpha value is -0.650. The summed E-state index contributed by atoms with van der Waals surface area (Å²) in [6.07, 6.45) is 3.18. The van der Waals surface area contributed by atoms with E-state index in [0.29, 0.717) is 0 Å². The molecule has 1 aromatic carbocycles. The van der Waals surface area contributed by atoms with Crippen molar-refractivity contribution in [2.24, 2.45) is 0 Å². The minimum absolute atomic E-state index is 0.141. The molecule has 2 nitrogen and oxygen atoms in total. The molecule has 1 fully saturated rings. The highest BCUT2D eigenvalue weighted by Crippen LogP contribution is 2.19. The van der Waals surface area contributed by atoms with E-state index in [-0.39, 0.29) is 17.5 Å². The summed E-state index contributed by atoms with van der Waals surface area (Å²) in [4.78, 5) is 11.6. The van der Waals surface area contributed by atoms with Gasteiger partial charge in [0.2, 0.25) is 0 Å². The molecule has 1 aliphatic rings. The fourth-order valence-electron chi connectivity index (χ4n) is 1.49. The zero-order valence-electron chi connectivity index (χ0n) is 8.09. The predicted molar refractivity (Wildman–Crippen MR) is 64.2 cm³/mol. The zero-order chi connectivity index (χ0) is 10.8. The summed E-state index contributed by atoms with van der Waals surface area (Å²) in [5.41, 5.74) is 0.141. The summed E-state index contributed by atoms with van der Waals surface area (Å²) in [7, 11) is 0. The van der Waals surface area contributed by atoms with Gasteiger partial charge in [-0.25, -0.2) is 4.39 Å². The Morgan fingerprint density at radius 3 is 2.73 bits per heavy atom. The topological polar surface area (TPSA) is 29.1 Å². The average molecular weight is 319 g/mol. The average Bonchev–Trinajstić information content (AvgIpc) is 2.11. The molecule has 0 atom stereocenters. The second-order valence-electron chi connectivity index (χ2n) is 3.73. The van der Waals surface area contributed by atoms with Crippen LogP contribution >= 0.6 is 22.6 Å². The highest BCUT2D eigenvalue weighted by atomic mass is 127. The van der Waals surface area contributed by atoms with Gasteiger partial charge >= 0.3 is 0 Å². The summed E-state index contributed by atoms with van der Waals surface area (Å²) < 4.78 is 14.2. The van der Waals surface area contributed by atoms with Crippen molar-refractivity contribution in [3.63, 3.8) is 0 Å². The Balaban J connectivity index is 2.10. The molecular weight excluding hydrogens is 308 g/mol.